The molecule has 2 unspecified atom stereocenters. The minimum Gasteiger partial charge on any atom is -0.489 e. The Labute approximate surface area is 446 Å². The van der Waals surface area contributed by atoms with E-state index < -0.39 is 45.2 Å². The highest BCUT2D eigenvalue weighted by Crippen LogP contribution is 2.42. The van der Waals surface area contributed by atoms with Gasteiger partial charge in [0.1, 0.15) is 59.1 Å². The van der Waals surface area contributed by atoms with E-state index in [-0.39, 0.29) is 116 Å². The molecule has 71 heavy (non-hydrogen) atoms. The molecule has 4 aromatic carbocycles. The first-order chi connectivity index (χ1) is 34.1. The SMILES string of the molecule is O=[N+]([O-])c1ccc(OCc2ccccc2)nc1OC(CCOCCC(Oc1nc(OCc2ccccc2)ccc1[N+](=O)[O-])c1c(Cl)cc(OCC=C(Cl)Cl)cc1Cl)c1c(Cl)cc(OCC=C(Cl)Cl)cc1Cl. The highest BCUT2D eigenvalue weighted by atomic mass is 35.5. The summed E-state index contributed by atoms with van der Waals surface area (Å²) in [5.41, 5.74) is 1.16. The summed E-state index contributed by atoms with van der Waals surface area (Å²) in [6, 6.07) is 29.5. The Kier molecular flexibility index (Phi) is 21.2. The van der Waals surface area contributed by atoms with Crippen molar-refractivity contribution in [2.45, 2.75) is 38.3 Å². The second-order valence-electron chi connectivity index (χ2n) is 14.6. The molecule has 372 valence electrons. The first-order valence-electron chi connectivity index (χ1n) is 21.0. The molecule has 2 atom stereocenters. The maximum absolute atomic E-state index is 12.3. The fourth-order valence-corrected chi connectivity index (χ4v) is 8.16. The van der Waals surface area contributed by atoms with Gasteiger partial charge in [-0.3, -0.25) is 20.2 Å². The van der Waals surface area contributed by atoms with Gasteiger partial charge in [-0.05, 0) is 47.5 Å². The van der Waals surface area contributed by atoms with Gasteiger partial charge in [0.25, 0.3) is 11.8 Å². The number of rotatable bonds is 26. The average Bonchev–Trinajstić information content (AvgIpc) is 3.32. The lowest BCUT2D eigenvalue weighted by Gasteiger charge is -2.23. The van der Waals surface area contributed by atoms with Gasteiger partial charge in [-0.2, -0.15) is 9.97 Å². The van der Waals surface area contributed by atoms with E-state index in [9.17, 15) is 20.2 Å². The van der Waals surface area contributed by atoms with Crippen molar-refractivity contribution < 1.29 is 43.0 Å². The van der Waals surface area contributed by atoms with Gasteiger partial charge >= 0.3 is 11.4 Å². The summed E-state index contributed by atoms with van der Waals surface area (Å²) in [7, 11) is 0. The third kappa shape index (κ3) is 16.8. The highest BCUT2D eigenvalue weighted by Gasteiger charge is 2.29. The molecular weight excluding hydrogens is 1090 g/mol. The Bertz CT molecular complexity index is 2600. The van der Waals surface area contributed by atoms with Gasteiger partial charge < -0.3 is 33.2 Å². The second kappa shape index (κ2) is 27.4. The zero-order valence-electron chi connectivity index (χ0n) is 36.7. The number of hydrogen-bond donors (Lipinski definition) is 0. The second-order valence-corrected chi connectivity index (χ2v) is 18.3. The maximum Gasteiger partial charge on any atom is 0.331 e. The summed E-state index contributed by atoms with van der Waals surface area (Å²) in [5, 5.41) is 24.9. The maximum atomic E-state index is 12.3. The van der Waals surface area contributed by atoms with Crippen LogP contribution in [0.25, 0.3) is 0 Å². The normalized spacial score (nSPS) is 11.7. The van der Waals surface area contributed by atoms with Crippen LogP contribution in [0.4, 0.5) is 11.4 Å². The van der Waals surface area contributed by atoms with Crippen LogP contribution in [-0.4, -0.2) is 46.2 Å². The highest BCUT2D eigenvalue weighted by molar-refractivity contribution is 6.56. The molecule has 15 nitrogen and oxygen atoms in total. The zero-order valence-corrected chi connectivity index (χ0v) is 42.7. The van der Waals surface area contributed by atoms with Crippen LogP contribution in [0.15, 0.2) is 130 Å². The van der Waals surface area contributed by atoms with Crippen molar-refractivity contribution in [2.24, 2.45) is 0 Å². The summed E-state index contributed by atoms with van der Waals surface area (Å²) < 4.78 is 41.9. The lowest BCUT2D eigenvalue weighted by molar-refractivity contribution is -0.386. The molecule has 0 bridgehead atoms. The van der Waals surface area contributed by atoms with E-state index in [1.807, 2.05) is 60.7 Å². The van der Waals surface area contributed by atoms with Crippen LogP contribution in [0.2, 0.25) is 20.1 Å². The molecule has 6 aromatic rings. The third-order valence-corrected chi connectivity index (χ3v) is 11.6. The van der Waals surface area contributed by atoms with E-state index in [1.54, 1.807) is 0 Å². The van der Waals surface area contributed by atoms with Gasteiger partial charge in [0, 0.05) is 48.2 Å². The summed E-state index contributed by atoms with van der Waals surface area (Å²) in [6.07, 6.45) is 0.521. The Morgan fingerprint density at radius 3 is 1.24 bits per heavy atom. The fraction of sp³-hybridized carbons (Fsp3) is 0.208. The number of benzene rings is 4. The number of aromatic nitrogens is 2. The van der Waals surface area contributed by atoms with E-state index >= 15 is 0 Å². The monoisotopic (exact) mass is 1130 g/mol. The van der Waals surface area contributed by atoms with Crippen LogP contribution in [0.5, 0.6) is 35.0 Å². The van der Waals surface area contributed by atoms with Gasteiger partial charge in [-0.25, -0.2) is 0 Å². The van der Waals surface area contributed by atoms with E-state index in [0.29, 0.717) is 0 Å². The third-order valence-electron chi connectivity index (χ3n) is 9.76. The average molecular weight is 1130 g/mol. The summed E-state index contributed by atoms with van der Waals surface area (Å²) in [4.78, 5) is 32.0. The molecule has 0 aliphatic rings. The summed E-state index contributed by atoms with van der Waals surface area (Å²) in [6.45, 7) is 0.0275. The van der Waals surface area contributed by atoms with Gasteiger partial charge in [-0.1, -0.05) is 153 Å². The zero-order chi connectivity index (χ0) is 50.9. The molecule has 0 aliphatic heterocycles. The van der Waals surface area contributed by atoms with Crippen LogP contribution < -0.4 is 28.4 Å². The Hall–Kier alpha value is -5.46. The van der Waals surface area contributed by atoms with Crippen LogP contribution in [0.3, 0.4) is 0 Å². The molecule has 0 amide bonds. The minimum atomic E-state index is -1.13. The Morgan fingerprint density at radius 2 is 0.901 bits per heavy atom. The molecule has 0 spiro atoms. The predicted octanol–water partition coefficient (Wildman–Crippen LogP) is 15.2. The minimum absolute atomic E-state index is 0.00852. The van der Waals surface area contributed by atoms with Crippen molar-refractivity contribution in [3.8, 4) is 35.0 Å². The fourth-order valence-electron chi connectivity index (χ4n) is 6.49. The number of nitrogens with zero attached hydrogens (tertiary/aromatic N) is 4. The largest absolute Gasteiger partial charge is 0.489 e. The topological polar surface area (TPSA) is 177 Å². The van der Waals surface area contributed by atoms with Crippen LogP contribution >= 0.6 is 92.8 Å². The smallest absolute Gasteiger partial charge is 0.331 e. The molecule has 0 N–H and O–H groups in total. The van der Waals surface area contributed by atoms with E-state index in [4.69, 9.17) is 126 Å². The number of halogens is 8. The molecule has 2 aromatic heterocycles. The van der Waals surface area contributed by atoms with Gasteiger partial charge in [0.15, 0.2) is 0 Å². The number of nitro groups is 2. The predicted molar refractivity (Wildman–Crippen MR) is 274 cm³/mol. The van der Waals surface area contributed by atoms with Crippen molar-refractivity contribution >= 4 is 104 Å². The lowest BCUT2D eigenvalue weighted by Crippen LogP contribution is -2.17. The Balaban J connectivity index is 1.27. The van der Waals surface area contributed by atoms with Crippen molar-refractivity contribution in [3.05, 3.63) is 193 Å². The number of ether oxygens (including phenoxy) is 7. The molecule has 0 saturated heterocycles. The van der Waals surface area contributed by atoms with Crippen LogP contribution in [0, 0.1) is 20.2 Å². The lowest BCUT2D eigenvalue weighted by atomic mass is 10.1. The molecular formula is C48H38Cl8N4O11. The van der Waals surface area contributed by atoms with Gasteiger partial charge in [-0.15, -0.1) is 0 Å². The quantitative estimate of drug-likeness (QED) is 0.0285. The first-order valence-corrected chi connectivity index (χ1v) is 24.0. The summed E-state index contributed by atoms with van der Waals surface area (Å²) >= 11 is 50.3. The molecule has 0 aliphatic carbocycles. The Morgan fingerprint density at radius 1 is 0.535 bits per heavy atom. The molecule has 23 heteroatoms. The van der Waals surface area contributed by atoms with Crippen molar-refractivity contribution in [1.82, 2.24) is 9.97 Å². The van der Waals surface area contributed by atoms with E-state index in [2.05, 4.69) is 9.97 Å². The van der Waals surface area contributed by atoms with Gasteiger partial charge in [0.2, 0.25) is 11.8 Å². The van der Waals surface area contributed by atoms with E-state index in [0.717, 1.165) is 11.1 Å². The summed E-state index contributed by atoms with van der Waals surface area (Å²) in [5.74, 6) is -0.190. The van der Waals surface area contributed by atoms with Crippen molar-refractivity contribution in [2.75, 3.05) is 26.4 Å². The molecule has 6 rings (SSSR count). The molecule has 0 radical (unpaired) electrons. The van der Waals surface area contributed by atoms with Crippen molar-refractivity contribution in [3.63, 3.8) is 0 Å². The standard InChI is InChI=1S/C48H38Cl8N4O11/c49-33-23-31(66-21-17-41(53)54)24-34(50)45(33)39(70-47-37(59(61)62)11-13-43(57-47)68-27-29-7-3-1-4-8-29)15-19-65-20-16-40(46-35(51)25-32(26-36(46)52)67-22-18-42(55)56)71-48-38(60(63)64)12-14-44(58-48)69-28-30-9-5-2-6-10-30/h1-14,17-18,23-26,39-40H,15-16,19-22,27-28H2. The number of pyridine rings is 2. The molecule has 0 fully saturated rings. The van der Waals surface area contributed by atoms with E-state index in [1.165, 1.54) is 60.7 Å². The van der Waals surface area contributed by atoms with Crippen LogP contribution in [0.1, 0.15) is 47.3 Å². The molecule has 2 heterocycles. The molecule has 0 saturated carbocycles. The van der Waals surface area contributed by atoms with Crippen LogP contribution in [-0.2, 0) is 18.0 Å². The first kappa shape index (κ1) is 54.9. The van der Waals surface area contributed by atoms with Crippen molar-refractivity contribution in [1.29, 1.82) is 0 Å². The number of hydrogen-bond acceptors (Lipinski definition) is 13. The van der Waals surface area contributed by atoms with Gasteiger partial charge in [0.05, 0.1) is 43.2 Å².